The lowest BCUT2D eigenvalue weighted by atomic mass is 10.0. The number of nitrogens with zero attached hydrogens (tertiary/aromatic N) is 3. The number of hydrogen-bond donors (Lipinski definition) is 1. The molecular formula is C12H18N4. The fraction of sp³-hybridized carbons (Fsp3) is 0.583. The summed E-state index contributed by atoms with van der Waals surface area (Å²) in [5, 5.41) is 9.16. The average molecular weight is 218 g/mol. The lowest BCUT2D eigenvalue weighted by Crippen LogP contribution is -2.09. The number of aromatic nitrogens is 2. The van der Waals surface area contributed by atoms with E-state index in [0.29, 0.717) is 11.5 Å². The van der Waals surface area contributed by atoms with Crippen molar-refractivity contribution in [2.75, 3.05) is 5.73 Å². The van der Waals surface area contributed by atoms with Crippen LogP contribution < -0.4 is 5.73 Å². The molecule has 0 aromatic carbocycles. The van der Waals surface area contributed by atoms with Crippen LogP contribution in [0.25, 0.3) is 0 Å². The molecule has 2 N–H and O–H groups in total. The number of anilines is 1. The Bertz CT molecular complexity index is 404. The maximum absolute atomic E-state index is 9.16. The first-order valence-electron chi connectivity index (χ1n) is 5.63. The first-order chi connectivity index (χ1) is 7.58. The van der Waals surface area contributed by atoms with E-state index in [9.17, 15) is 0 Å². The molecule has 86 valence electrons. The highest BCUT2D eigenvalue weighted by Gasteiger charge is 2.13. The van der Waals surface area contributed by atoms with Crippen molar-refractivity contribution < 1.29 is 0 Å². The van der Waals surface area contributed by atoms with Gasteiger partial charge in [0.2, 0.25) is 5.95 Å². The first kappa shape index (κ1) is 12.4. The third-order valence-electron chi connectivity index (χ3n) is 2.28. The zero-order valence-electron chi connectivity index (χ0n) is 10.1. The highest BCUT2D eigenvalue weighted by atomic mass is 15.0. The maximum atomic E-state index is 9.16. The van der Waals surface area contributed by atoms with Gasteiger partial charge in [0, 0.05) is 0 Å². The minimum absolute atomic E-state index is 0.276. The molecule has 0 saturated heterocycles. The van der Waals surface area contributed by atoms with Gasteiger partial charge >= 0.3 is 0 Å². The average Bonchev–Trinajstić information content (AvgIpc) is 2.16. The van der Waals surface area contributed by atoms with E-state index in [1.807, 2.05) is 0 Å². The molecule has 0 aliphatic heterocycles. The van der Waals surface area contributed by atoms with E-state index in [0.717, 1.165) is 30.7 Å². The predicted octanol–water partition coefficient (Wildman–Crippen LogP) is 2.08. The third kappa shape index (κ3) is 2.93. The van der Waals surface area contributed by atoms with Gasteiger partial charge in [-0.25, -0.2) is 9.97 Å². The molecule has 0 aliphatic rings. The standard InChI is InChI=1S/C12H18N4/c1-4-5-10-9(7-13)11(6-8(2)3)16-12(14)15-10/h8H,4-6H2,1-3H3,(H2,14,15,16). The second-order valence-electron chi connectivity index (χ2n) is 4.31. The van der Waals surface area contributed by atoms with Crippen molar-refractivity contribution >= 4 is 5.95 Å². The van der Waals surface area contributed by atoms with Gasteiger partial charge in [0.25, 0.3) is 0 Å². The van der Waals surface area contributed by atoms with E-state index in [2.05, 4.69) is 36.8 Å². The molecule has 16 heavy (non-hydrogen) atoms. The molecule has 1 aromatic rings. The Hall–Kier alpha value is -1.63. The van der Waals surface area contributed by atoms with Crippen molar-refractivity contribution in [2.45, 2.75) is 40.0 Å². The second-order valence-corrected chi connectivity index (χ2v) is 4.31. The van der Waals surface area contributed by atoms with Crippen LogP contribution in [0.5, 0.6) is 0 Å². The van der Waals surface area contributed by atoms with Crippen LogP contribution in [0.3, 0.4) is 0 Å². The van der Waals surface area contributed by atoms with E-state index in [1.54, 1.807) is 0 Å². The molecule has 4 nitrogen and oxygen atoms in total. The number of nitrogen functional groups attached to an aromatic ring is 1. The molecule has 0 unspecified atom stereocenters. The van der Waals surface area contributed by atoms with Crippen molar-refractivity contribution in [3.63, 3.8) is 0 Å². The Labute approximate surface area is 96.5 Å². The minimum Gasteiger partial charge on any atom is -0.368 e. The van der Waals surface area contributed by atoms with Gasteiger partial charge in [0.05, 0.1) is 17.0 Å². The van der Waals surface area contributed by atoms with Crippen molar-refractivity contribution in [3.8, 4) is 6.07 Å². The van der Waals surface area contributed by atoms with Gasteiger partial charge in [-0.15, -0.1) is 0 Å². The van der Waals surface area contributed by atoms with Crippen molar-refractivity contribution in [2.24, 2.45) is 5.92 Å². The summed E-state index contributed by atoms with van der Waals surface area (Å²) < 4.78 is 0. The second kappa shape index (κ2) is 5.45. The van der Waals surface area contributed by atoms with Gasteiger partial charge in [-0.2, -0.15) is 5.26 Å². The minimum atomic E-state index is 0.276. The largest absolute Gasteiger partial charge is 0.368 e. The number of nitriles is 1. The predicted molar refractivity (Wildman–Crippen MR) is 63.7 cm³/mol. The molecule has 0 atom stereocenters. The van der Waals surface area contributed by atoms with Gasteiger partial charge in [-0.05, 0) is 18.8 Å². The molecule has 0 amide bonds. The summed E-state index contributed by atoms with van der Waals surface area (Å²) in [6.45, 7) is 6.25. The topological polar surface area (TPSA) is 75.6 Å². The molecule has 0 saturated carbocycles. The van der Waals surface area contributed by atoms with Gasteiger partial charge in [-0.1, -0.05) is 27.2 Å². The monoisotopic (exact) mass is 218 g/mol. The molecule has 0 fully saturated rings. The fourth-order valence-electron chi connectivity index (χ4n) is 1.66. The molecule has 0 aliphatic carbocycles. The molecule has 4 heteroatoms. The number of nitrogens with two attached hydrogens (primary N) is 1. The van der Waals surface area contributed by atoms with Gasteiger partial charge in [-0.3, -0.25) is 0 Å². The zero-order valence-corrected chi connectivity index (χ0v) is 10.1. The summed E-state index contributed by atoms with van der Waals surface area (Å²) in [7, 11) is 0. The van der Waals surface area contributed by atoms with Crippen LogP contribution in [0.4, 0.5) is 5.95 Å². The van der Waals surface area contributed by atoms with Crippen LogP contribution in [-0.2, 0) is 12.8 Å². The van der Waals surface area contributed by atoms with E-state index in [-0.39, 0.29) is 5.95 Å². The molecular weight excluding hydrogens is 200 g/mol. The summed E-state index contributed by atoms with van der Waals surface area (Å²) in [6.07, 6.45) is 2.50. The van der Waals surface area contributed by atoms with Crippen molar-refractivity contribution in [1.82, 2.24) is 9.97 Å². The molecule has 1 heterocycles. The van der Waals surface area contributed by atoms with Crippen LogP contribution >= 0.6 is 0 Å². The van der Waals surface area contributed by atoms with Crippen LogP contribution in [0, 0.1) is 17.2 Å². The SMILES string of the molecule is CCCc1nc(N)nc(CC(C)C)c1C#N. The van der Waals surface area contributed by atoms with Gasteiger partial charge < -0.3 is 5.73 Å². The quantitative estimate of drug-likeness (QED) is 0.839. The van der Waals surface area contributed by atoms with Crippen LogP contribution in [0.1, 0.15) is 44.1 Å². The first-order valence-corrected chi connectivity index (χ1v) is 5.63. The molecule has 0 spiro atoms. The number of rotatable bonds is 4. The highest BCUT2D eigenvalue weighted by Crippen LogP contribution is 2.16. The van der Waals surface area contributed by atoms with Crippen molar-refractivity contribution in [3.05, 3.63) is 17.0 Å². The third-order valence-corrected chi connectivity index (χ3v) is 2.28. The lowest BCUT2D eigenvalue weighted by molar-refractivity contribution is 0.631. The van der Waals surface area contributed by atoms with E-state index in [4.69, 9.17) is 11.0 Å². The summed E-state index contributed by atoms with van der Waals surface area (Å²) in [6, 6.07) is 2.20. The Morgan fingerprint density at radius 2 is 1.94 bits per heavy atom. The van der Waals surface area contributed by atoms with E-state index < -0.39 is 0 Å². The summed E-state index contributed by atoms with van der Waals surface area (Å²) in [4.78, 5) is 8.32. The molecule has 0 radical (unpaired) electrons. The summed E-state index contributed by atoms with van der Waals surface area (Å²) in [5.41, 5.74) is 7.84. The number of hydrogen-bond acceptors (Lipinski definition) is 4. The Kier molecular flexibility index (Phi) is 4.24. The van der Waals surface area contributed by atoms with Crippen LogP contribution in [0.15, 0.2) is 0 Å². The molecule has 1 aromatic heterocycles. The highest BCUT2D eigenvalue weighted by molar-refractivity contribution is 5.41. The van der Waals surface area contributed by atoms with Gasteiger partial charge in [0.1, 0.15) is 6.07 Å². The van der Waals surface area contributed by atoms with Crippen LogP contribution in [0.2, 0.25) is 0 Å². The molecule has 1 rings (SSSR count). The number of aryl methyl sites for hydroxylation is 1. The normalized spacial score (nSPS) is 10.4. The fourth-order valence-corrected chi connectivity index (χ4v) is 1.66. The maximum Gasteiger partial charge on any atom is 0.220 e. The van der Waals surface area contributed by atoms with Crippen molar-refractivity contribution in [1.29, 1.82) is 5.26 Å². The van der Waals surface area contributed by atoms with E-state index >= 15 is 0 Å². The van der Waals surface area contributed by atoms with Crippen LogP contribution in [-0.4, -0.2) is 9.97 Å². The zero-order chi connectivity index (χ0) is 12.1. The Morgan fingerprint density at radius 3 is 2.44 bits per heavy atom. The molecule has 0 bridgehead atoms. The smallest absolute Gasteiger partial charge is 0.220 e. The lowest BCUT2D eigenvalue weighted by Gasteiger charge is -2.10. The van der Waals surface area contributed by atoms with Gasteiger partial charge in [0.15, 0.2) is 0 Å². The Balaban J connectivity index is 3.20. The summed E-state index contributed by atoms with van der Waals surface area (Å²) >= 11 is 0. The summed E-state index contributed by atoms with van der Waals surface area (Å²) in [5.74, 6) is 0.731. The Morgan fingerprint density at radius 1 is 1.31 bits per heavy atom. The van der Waals surface area contributed by atoms with E-state index in [1.165, 1.54) is 0 Å².